The van der Waals surface area contributed by atoms with E-state index < -0.39 is 59.5 Å². The summed E-state index contributed by atoms with van der Waals surface area (Å²) in [4.78, 5) is 16.1. The van der Waals surface area contributed by atoms with Gasteiger partial charge in [-0.15, -0.1) is 0 Å². The van der Waals surface area contributed by atoms with Gasteiger partial charge in [0, 0.05) is 24.4 Å². The van der Waals surface area contributed by atoms with Crippen LogP contribution in [-0.4, -0.2) is 37.9 Å². The van der Waals surface area contributed by atoms with E-state index in [9.17, 15) is 44.3 Å². The average Bonchev–Trinajstić information content (AvgIpc) is 3.07. The van der Waals surface area contributed by atoms with Gasteiger partial charge in [0.05, 0.1) is 18.4 Å². The molecule has 0 radical (unpaired) electrons. The number of alkyl halides is 9. The Morgan fingerprint density at radius 2 is 1.71 bits per heavy atom. The van der Waals surface area contributed by atoms with Crippen molar-refractivity contribution in [1.29, 1.82) is 0 Å². The summed E-state index contributed by atoms with van der Waals surface area (Å²) in [6.07, 6.45) is -9.12. The summed E-state index contributed by atoms with van der Waals surface area (Å²) < 4.78 is 118. The molecule has 3 aromatic heterocycles. The van der Waals surface area contributed by atoms with E-state index in [1.165, 1.54) is 6.07 Å². The van der Waals surface area contributed by atoms with E-state index in [0.29, 0.717) is 16.8 Å². The summed E-state index contributed by atoms with van der Waals surface area (Å²) in [7, 11) is 0. The molecular formula is C17H11F9N4O. The minimum Gasteiger partial charge on any atom is -0.268 e. The van der Waals surface area contributed by atoms with Crippen LogP contribution >= 0.6 is 0 Å². The highest BCUT2D eigenvalue weighted by Crippen LogP contribution is 2.37. The van der Waals surface area contributed by atoms with Crippen LogP contribution in [0.4, 0.5) is 39.5 Å². The molecule has 0 aliphatic heterocycles. The number of aromatic nitrogens is 4. The van der Waals surface area contributed by atoms with Crippen molar-refractivity contribution in [2.75, 3.05) is 6.67 Å². The summed E-state index contributed by atoms with van der Waals surface area (Å²) in [5.74, 6) is -5.20. The molecule has 14 heteroatoms. The third-order valence-electron chi connectivity index (χ3n) is 4.24. The minimum absolute atomic E-state index is 0.0849. The van der Waals surface area contributed by atoms with Crippen molar-refractivity contribution >= 4 is 5.65 Å². The Morgan fingerprint density at radius 3 is 2.29 bits per heavy atom. The van der Waals surface area contributed by atoms with Crippen LogP contribution in [0.3, 0.4) is 0 Å². The number of rotatable bonds is 5. The zero-order valence-electron chi connectivity index (χ0n) is 15.1. The third-order valence-corrected chi connectivity index (χ3v) is 4.24. The lowest BCUT2D eigenvalue weighted by Crippen LogP contribution is -2.40. The fourth-order valence-electron chi connectivity index (χ4n) is 2.78. The van der Waals surface area contributed by atoms with Crippen molar-refractivity contribution in [2.24, 2.45) is 0 Å². The first-order valence-corrected chi connectivity index (χ1v) is 8.40. The topological polar surface area (TPSA) is 52.2 Å². The van der Waals surface area contributed by atoms with E-state index in [-0.39, 0.29) is 16.7 Å². The monoisotopic (exact) mass is 458 g/mol. The Balaban J connectivity index is 2.16. The maximum absolute atomic E-state index is 13.6. The summed E-state index contributed by atoms with van der Waals surface area (Å²) in [5, 5.41) is 3.23. The molecule has 0 aliphatic rings. The van der Waals surface area contributed by atoms with Gasteiger partial charge in [-0.1, -0.05) is 0 Å². The third kappa shape index (κ3) is 4.37. The Kier molecular flexibility index (Phi) is 5.52. The molecule has 0 saturated carbocycles. The number of fused-ring (bicyclic) bond motifs is 1. The summed E-state index contributed by atoms with van der Waals surface area (Å²) in [5.41, 5.74) is -4.83. The van der Waals surface area contributed by atoms with Gasteiger partial charge in [0.25, 0.3) is 5.56 Å². The molecule has 31 heavy (non-hydrogen) atoms. The molecular weight excluding hydrogens is 447 g/mol. The van der Waals surface area contributed by atoms with Crippen LogP contribution < -0.4 is 5.56 Å². The van der Waals surface area contributed by atoms with E-state index in [0.717, 1.165) is 12.3 Å². The molecule has 0 atom stereocenters. The van der Waals surface area contributed by atoms with Crippen LogP contribution in [0.25, 0.3) is 16.8 Å². The largest absolute Gasteiger partial charge is 0.455 e. The van der Waals surface area contributed by atoms with Crippen LogP contribution in [0, 0.1) is 0 Å². The zero-order valence-corrected chi connectivity index (χ0v) is 15.1. The van der Waals surface area contributed by atoms with Gasteiger partial charge in [0.15, 0.2) is 5.69 Å². The van der Waals surface area contributed by atoms with E-state index in [1.807, 2.05) is 0 Å². The Morgan fingerprint density at radius 1 is 1.03 bits per heavy atom. The SMILES string of the molecule is O=c1c(-c2cnn(CC(F)(F)C(F)(F)F)c2)c(C(F)(F)F)nc2cc(CCF)ccn12. The summed E-state index contributed by atoms with van der Waals surface area (Å²) in [6, 6.07) is 2.35. The zero-order chi connectivity index (χ0) is 23.2. The summed E-state index contributed by atoms with van der Waals surface area (Å²) in [6.45, 7) is -2.79. The van der Waals surface area contributed by atoms with E-state index in [2.05, 4.69) is 10.1 Å². The van der Waals surface area contributed by atoms with Crippen LogP contribution in [0.15, 0.2) is 35.5 Å². The second-order valence-electron chi connectivity index (χ2n) is 6.47. The van der Waals surface area contributed by atoms with Crippen molar-refractivity contribution < 1.29 is 39.5 Å². The molecule has 0 aliphatic carbocycles. The number of hydrogen-bond acceptors (Lipinski definition) is 3. The predicted octanol–water partition coefficient (Wildman–Crippen LogP) is 4.29. The smallest absolute Gasteiger partial charge is 0.268 e. The van der Waals surface area contributed by atoms with Gasteiger partial charge in [0.2, 0.25) is 0 Å². The summed E-state index contributed by atoms with van der Waals surface area (Å²) >= 11 is 0. The van der Waals surface area contributed by atoms with Crippen LogP contribution in [0.5, 0.6) is 0 Å². The number of aryl methyl sites for hydroxylation is 1. The fraction of sp³-hybridized carbons (Fsp3) is 0.353. The highest BCUT2D eigenvalue weighted by atomic mass is 19.4. The first kappa shape index (κ1) is 22.6. The lowest BCUT2D eigenvalue weighted by Gasteiger charge is -2.19. The molecule has 168 valence electrons. The van der Waals surface area contributed by atoms with Gasteiger partial charge in [-0.2, -0.15) is 40.2 Å². The molecule has 0 saturated heterocycles. The van der Waals surface area contributed by atoms with Gasteiger partial charge >= 0.3 is 18.3 Å². The Hall–Kier alpha value is -3.06. The standard InChI is InChI=1S/C17H11F9N4O/c18-3-1-9-2-4-30-11(5-9)28-13(16(21,22)23)12(14(30)31)10-6-27-29(7-10)8-15(19,20)17(24,25)26/h2,4-7H,1,3,8H2. The molecule has 0 bridgehead atoms. The van der Waals surface area contributed by atoms with Gasteiger partial charge in [-0.25, -0.2) is 4.98 Å². The quantitative estimate of drug-likeness (QED) is 0.537. The van der Waals surface area contributed by atoms with Crippen molar-refractivity contribution in [3.63, 3.8) is 0 Å². The lowest BCUT2D eigenvalue weighted by molar-refractivity contribution is -0.287. The molecule has 3 rings (SSSR count). The maximum atomic E-state index is 13.6. The molecule has 0 fully saturated rings. The number of halogens is 9. The first-order chi connectivity index (χ1) is 14.2. The predicted molar refractivity (Wildman–Crippen MR) is 88.4 cm³/mol. The number of pyridine rings is 1. The van der Waals surface area contributed by atoms with Gasteiger partial charge in [-0.05, 0) is 17.7 Å². The number of nitrogens with zero attached hydrogens (tertiary/aromatic N) is 4. The van der Waals surface area contributed by atoms with Gasteiger partial charge in [-0.3, -0.25) is 18.3 Å². The van der Waals surface area contributed by atoms with E-state index in [1.54, 1.807) is 0 Å². The molecule has 0 spiro atoms. The van der Waals surface area contributed by atoms with Crippen LogP contribution in [0.2, 0.25) is 0 Å². The average molecular weight is 458 g/mol. The first-order valence-electron chi connectivity index (χ1n) is 8.40. The van der Waals surface area contributed by atoms with Crippen molar-refractivity contribution in [3.05, 3.63) is 52.3 Å². The Labute approximate surface area is 166 Å². The normalized spacial score (nSPS) is 13.2. The second-order valence-corrected chi connectivity index (χ2v) is 6.47. The van der Waals surface area contributed by atoms with Gasteiger partial charge < -0.3 is 0 Å². The molecule has 0 aromatic carbocycles. The second kappa shape index (κ2) is 7.57. The van der Waals surface area contributed by atoms with Crippen LogP contribution in [0.1, 0.15) is 11.3 Å². The molecule has 3 aromatic rings. The maximum Gasteiger partial charge on any atom is 0.455 e. The lowest BCUT2D eigenvalue weighted by atomic mass is 10.1. The Bertz CT molecular complexity index is 1160. The molecule has 0 amide bonds. The molecule has 5 nitrogen and oxygen atoms in total. The van der Waals surface area contributed by atoms with Crippen LogP contribution in [-0.2, 0) is 19.1 Å². The highest BCUT2D eigenvalue weighted by Gasteiger charge is 2.57. The molecule has 0 N–H and O–H groups in total. The highest BCUT2D eigenvalue weighted by molar-refractivity contribution is 5.66. The fourth-order valence-corrected chi connectivity index (χ4v) is 2.78. The van der Waals surface area contributed by atoms with Gasteiger partial charge in [0.1, 0.15) is 12.2 Å². The van der Waals surface area contributed by atoms with Crippen molar-refractivity contribution in [2.45, 2.75) is 31.2 Å². The molecule has 3 heterocycles. The molecule has 0 unspecified atom stereocenters. The minimum atomic E-state index is -5.91. The van der Waals surface area contributed by atoms with E-state index >= 15 is 0 Å². The number of hydrogen-bond donors (Lipinski definition) is 0. The van der Waals surface area contributed by atoms with E-state index in [4.69, 9.17) is 0 Å². The van der Waals surface area contributed by atoms with Crippen molar-refractivity contribution in [3.8, 4) is 11.1 Å². The van der Waals surface area contributed by atoms with Crippen molar-refractivity contribution in [1.82, 2.24) is 19.2 Å².